The first-order valence-electron chi connectivity index (χ1n) is 7.23. The van der Waals surface area contributed by atoms with Gasteiger partial charge in [-0.2, -0.15) is 0 Å². The SMILES string of the molecule is CCC(N)Cc1ccc(OC)cc1OCCOC(C)C. The van der Waals surface area contributed by atoms with E-state index in [-0.39, 0.29) is 12.1 Å². The molecule has 0 aliphatic carbocycles. The summed E-state index contributed by atoms with van der Waals surface area (Å²) in [5.41, 5.74) is 7.14. The van der Waals surface area contributed by atoms with E-state index in [0.717, 1.165) is 29.9 Å². The van der Waals surface area contributed by atoms with Crippen molar-refractivity contribution in [1.82, 2.24) is 0 Å². The number of rotatable bonds is 9. The Morgan fingerprint density at radius 3 is 2.55 bits per heavy atom. The zero-order chi connectivity index (χ0) is 15.0. The van der Waals surface area contributed by atoms with Gasteiger partial charge in [-0.15, -0.1) is 0 Å². The second-order valence-electron chi connectivity index (χ2n) is 5.11. The van der Waals surface area contributed by atoms with Crippen LogP contribution in [0.3, 0.4) is 0 Å². The van der Waals surface area contributed by atoms with E-state index in [0.29, 0.717) is 13.2 Å². The maximum atomic E-state index is 6.03. The first kappa shape index (κ1) is 16.8. The summed E-state index contributed by atoms with van der Waals surface area (Å²) in [4.78, 5) is 0. The van der Waals surface area contributed by atoms with Gasteiger partial charge in [0.15, 0.2) is 0 Å². The van der Waals surface area contributed by atoms with E-state index >= 15 is 0 Å². The molecule has 4 nitrogen and oxygen atoms in total. The van der Waals surface area contributed by atoms with Crippen molar-refractivity contribution in [3.63, 3.8) is 0 Å². The van der Waals surface area contributed by atoms with E-state index in [1.165, 1.54) is 0 Å². The summed E-state index contributed by atoms with van der Waals surface area (Å²) >= 11 is 0. The van der Waals surface area contributed by atoms with E-state index in [9.17, 15) is 0 Å². The van der Waals surface area contributed by atoms with Gasteiger partial charge in [-0.1, -0.05) is 13.0 Å². The van der Waals surface area contributed by atoms with E-state index in [4.69, 9.17) is 19.9 Å². The van der Waals surface area contributed by atoms with Crippen LogP contribution >= 0.6 is 0 Å². The van der Waals surface area contributed by atoms with Crippen molar-refractivity contribution in [1.29, 1.82) is 0 Å². The molecule has 4 heteroatoms. The lowest BCUT2D eigenvalue weighted by Gasteiger charge is -2.16. The summed E-state index contributed by atoms with van der Waals surface area (Å²) < 4.78 is 16.5. The van der Waals surface area contributed by atoms with Gasteiger partial charge >= 0.3 is 0 Å². The van der Waals surface area contributed by atoms with Crippen molar-refractivity contribution in [2.45, 2.75) is 45.8 Å². The number of benzene rings is 1. The molecule has 0 aromatic heterocycles. The normalized spacial score (nSPS) is 12.5. The van der Waals surface area contributed by atoms with Gasteiger partial charge < -0.3 is 19.9 Å². The molecule has 20 heavy (non-hydrogen) atoms. The second-order valence-corrected chi connectivity index (χ2v) is 5.11. The van der Waals surface area contributed by atoms with Gasteiger partial charge in [0.2, 0.25) is 0 Å². The highest BCUT2D eigenvalue weighted by atomic mass is 16.5. The van der Waals surface area contributed by atoms with Crippen LogP contribution in [0.5, 0.6) is 11.5 Å². The fraction of sp³-hybridized carbons (Fsp3) is 0.625. The molecule has 0 spiro atoms. The zero-order valence-electron chi connectivity index (χ0n) is 13.0. The zero-order valence-corrected chi connectivity index (χ0v) is 13.0. The third-order valence-corrected chi connectivity index (χ3v) is 3.07. The van der Waals surface area contributed by atoms with Gasteiger partial charge in [0.25, 0.3) is 0 Å². The Morgan fingerprint density at radius 1 is 1.20 bits per heavy atom. The van der Waals surface area contributed by atoms with Crippen LogP contribution in [-0.4, -0.2) is 32.5 Å². The molecule has 0 fully saturated rings. The number of hydrogen-bond donors (Lipinski definition) is 1. The first-order valence-corrected chi connectivity index (χ1v) is 7.23. The molecule has 2 N–H and O–H groups in total. The smallest absolute Gasteiger partial charge is 0.126 e. The standard InChI is InChI=1S/C16H27NO3/c1-5-14(17)10-13-6-7-15(18-4)11-16(13)20-9-8-19-12(2)3/h6-7,11-12,14H,5,8-10,17H2,1-4H3. The summed E-state index contributed by atoms with van der Waals surface area (Å²) in [6.07, 6.45) is 1.97. The summed E-state index contributed by atoms with van der Waals surface area (Å²) in [6, 6.07) is 6.02. The van der Waals surface area contributed by atoms with Crippen LogP contribution in [-0.2, 0) is 11.2 Å². The van der Waals surface area contributed by atoms with Gasteiger partial charge in [-0.25, -0.2) is 0 Å². The molecule has 0 aliphatic heterocycles. The Balaban J connectivity index is 2.68. The average molecular weight is 281 g/mol. The van der Waals surface area contributed by atoms with Crippen LogP contribution in [0.25, 0.3) is 0 Å². The van der Waals surface area contributed by atoms with Gasteiger partial charge in [-0.05, 0) is 38.3 Å². The summed E-state index contributed by atoms with van der Waals surface area (Å²) in [5, 5.41) is 0. The van der Waals surface area contributed by atoms with Gasteiger partial charge in [0.05, 0.1) is 19.8 Å². The number of hydrogen-bond acceptors (Lipinski definition) is 4. The largest absolute Gasteiger partial charge is 0.497 e. The third-order valence-electron chi connectivity index (χ3n) is 3.07. The topological polar surface area (TPSA) is 53.7 Å². The van der Waals surface area contributed by atoms with E-state index in [1.54, 1.807) is 7.11 Å². The quantitative estimate of drug-likeness (QED) is 0.707. The lowest BCUT2D eigenvalue weighted by Crippen LogP contribution is -2.22. The Bertz CT molecular complexity index is 393. The van der Waals surface area contributed by atoms with Crippen LogP contribution in [0.1, 0.15) is 32.8 Å². The predicted octanol–water partition coefficient (Wildman–Crippen LogP) is 2.78. The molecule has 0 bridgehead atoms. The molecule has 0 aliphatic rings. The molecule has 0 saturated heterocycles. The molecule has 1 atom stereocenters. The maximum absolute atomic E-state index is 6.03. The van der Waals surface area contributed by atoms with Crippen molar-refractivity contribution < 1.29 is 14.2 Å². The molecule has 0 amide bonds. The average Bonchev–Trinajstić information content (AvgIpc) is 2.44. The molecule has 1 aromatic rings. The Kier molecular flexibility index (Phi) is 7.41. The molecular formula is C16H27NO3. The first-order chi connectivity index (χ1) is 9.56. The lowest BCUT2D eigenvalue weighted by atomic mass is 10.0. The minimum Gasteiger partial charge on any atom is -0.497 e. The van der Waals surface area contributed by atoms with Crippen molar-refractivity contribution in [3.8, 4) is 11.5 Å². The third kappa shape index (κ3) is 5.80. The summed E-state index contributed by atoms with van der Waals surface area (Å²) in [6.45, 7) is 7.22. The lowest BCUT2D eigenvalue weighted by molar-refractivity contribution is 0.0550. The van der Waals surface area contributed by atoms with Gasteiger partial charge in [0.1, 0.15) is 18.1 Å². The molecule has 1 rings (SSSR count). The van der Waals surface area contributed by atoms with Crippen molar-refractivity contribution in [3.05, 3.63) is 23.8 Å². The molecular weight excluding hydrogens is 254 g/mol. The predicted molar refractivity (Wildman–Crippen MR) is 81.5 cm³/mol. The Labute approximate surface area is 122 Å². The Hall–Kier alpha value is -1.26. The van der Waals surface area contributed by atoms with Crippen LogP contribution in [0, 0.1) is 0 Å². The fourth-order valence-corrected chi connectivity index (χ4v) is 1.83. The van der Waals surface area contributed by atoms with Crippen LogP contribution in [0.4, 0.5) is 0 Å². The summed E-state index contributed by atoms with van der Waals surface area (Å²) in [7, 11) is 1.65. The van der Waals surface area contributed by atoms with Crippen molar-refractivity contribution >= 4 is 0 Å². The van der Waals surface area contributed by atoms with E-state index in [1.807, 2.05) is 32.0 Å². The minimum absolute atomic E-state index is 0.151. The molecule has 1 unspecified atom stereocenters. The van der Waals surface area contributed by atoms with Crippen LogP contribution in [0.2, 0.25) is 0 Å². The van der Waals surface area contributed by atoms with Crippen molar-refractivity contribution in [2.24, 2.45) is 5.73 Å². The van der Waals surface area contributed by atoms with Crippen molar-refractivity contribution in [2.75, 3.05) is 20.3 Å². The van der Waals surface area contributed by atoms with Gasteiger partial charge in [0, 0.05) is 12.1 Å². The molecule has 114 valence electrons. The van der Waals surface area contributed by atoms with E-state index < -0.39 is 0 Å². The molecule has 0 heterocycles. The molecule has 1 aromatic carbocycles. The molecule has 0 saturated carbocycles. The minimum atomic E-state index is 0.151. The Morgan fingerprint density at radius 2 is 1.95 bits per heavy atom. The van der Waals surface area contributed by atoms with E-state index in [2.05, 4.69) is 6.92 Å². The van der Waals surface area contributed by atoms with Gasteiger partial charge in [-0.3, -0.25) is 0 Å². The molecule has 0 radical (unpaired) electrons. The monoisotopic (exact) mass is 281 g/mol. The maximum Gasteiger partial charge on any atom is 0.126 e. The highest BCUT2D eigenvalue weighted by Crippen LogP contribution is 2.26. The fourth-order valence-electron chi connectivity index (χ4n) is 1.83. The summed E-state index contributed by atoms with van der Waals surface area (Å²) in [5.74, 6) is 1.62. The number of ether oxygens (including phenoxy) is 3. The van der Waals surface area contributed by atoms with Crippen LogP contribution < -0.4 is 15.2 Å². The highest BCUT2D eigenvalue weighted by Gasteiger charge is 2.09. The second kappa shape index (κ2) is 8.82. The highest BCUT2D eigenvalue weighted by molar-refractivity contribution is 5.41. The number of methoxy groups -OCH3 is 1. The van der Waals surface area contributed by atoms with Crippen LogP contribution in [0.15, 0.2) is 18.2 Å². The number of nitrogens with two attached hydrogens (primary N) is 1.